The van der Waals surface area contributed by atoms with Gasteiger partial charge < -0.3 is 15.8 Å². The fourth-order valence-electron chi connectivity index (χ4n) is 1.86. The molecule has 2 unspecified atom stereocenters. The molecular formula is C16H27ClN2O2. The Balaban J connectivity index is 0.00000400. The van der Waals surface area contributed by atoms with Gasteiger partial charge in [0.1, 0.15) is 0 Å². The number of nitrogens with one attached hydrogen (secondary N) is 1. The second-order valence-corrected chi connectivity index (χ2v) is 5.25. The molecule has 0 fully saturated rings. The van der Waals surface area contributed by atoms with E-state index in [0.717, 1.165) is 18.4 Å². The molecule has 0 bridgehead atoms. The van der Waals surface area contributed by atoms with Gasteiger partial charge in [-0.05, 0) is 17.9 Å². The van der Waals surface area contributed by atoms with Crippen molar-refractivity contribution in [3.8, 4) is 0 Å². The maximum absolute atomic E-state index is 11.7. The van der Waals surface area contributed by atoms with Crippen LogP contribution in [0.25, 0.3) is 0 Å². The van der Waals surface area contributed by atoms with Gasteiger partial charge in [0.05, 0.1) is 19.3 Å². The summed E-state index contributed by atoms with van der Waals surface area (Å²) in [5, 5.41) is 2.87. The molecule has 0 aromatic heterocycles. The van der Waals surface area contributed by atoms with Crippen LogP contribution in [0.15, 0.2) is 30.3 Å². The third kappa shape index (κ3) is 8.71. The lowest BCUT2D eigenvalue weighted by Crippen LogP contribution is -2.42. The first kappa shape index (κ1) is 19.9. The summed E-state index contributed by atoms with van der Waals surface area (Å²) in [7, 11) is 0. The lowest BCUT2D eigenvalue weighted by atomic mass is 10.1. The first-order valence-corrected chi connectivity index (χ1v) is 7.28. The molecular weight excluding hydrogens is 288 g/mol. The molecule has 1 rings (SSSR count). The second-order valence-electron chi connectivity index (χ2n) is 5.25. The van der Waals surface area contributed by atoms with E-state index in [4.69, 9.17) is 10.5 Å². The van der Waals surface area contributed by atoms with Gasteiger partial charge in [-0.2, -0.15) is 0 Å². The summed E-state index contributed by atoms with van der Waals surface area (Å²) in [6, 6.07) is 9.67. The number of amides is 1. The number of benzene rings is 1. The minimum atomic E-state index is -0.391. The Labute approximate surface area is 133 Å². The Kier molecular flexibility index (Phi) is 10.9. The fraction of sp³-hybridized carbons (Fsp3) is 0.562. The molecule has 120 valence electrons. The van der Waals surface area contributed by atoms with Crippen LogP contribution in [0.5, 0.6) is 0 Å². The normalized spacial score (nSPS) is 13.1. The van der Waals surface area contributed by atoms with Crippen LogP contribution in [0.2, 0.25) is 0 Å². The number of carbonyl (C=O) groups is 1. The van der Waals surface area contributed by atoms with Crippen molar-refractivity contribution in [3.05, 3.63) is 35.9 Å². The molecule has 0 radical (unpaired) electrons. The molecule has 0 aliphatic carbocycles. The maximum Gasteiger partial charge on any atom is 0.236 e. The highest BCUT2D eigenvalue weighted by atomic mass is 35.5. The summed E-state index contributed by atoms with van der Waals surface area (Å²) < 4.78 is 5.64. The van der Waals surface area contributed by atoms with E-state index in [1.165, 1.54) is 0 Å². The van der Waals surface area contributed by atoms with E-state index in [2.05, 4.69) is 12.2 Å². The fourth-order valence-corrected chi connectivity index (χ4v) is 1.86. The maximum atomic E-state index is 11.7. The molecule has 3 N–H and O–H groups in total. The highest BCUT2D eigenvalue weighted by molar-refractivity contribution is 5.85. The van der Waals surface area contributed by atoms with Crippen LogP contribution in [0.1, 0.15) is 32.3 Å². The van der Waals surface area contributed by atoms with Gasteiger partial charge in [-0.3, -0.25) is 4.79 Å². The first-order chi connectivity index (χ1) is 9.63. The van der Waals surface area contributed by atoms with E-state index in [1.54, 1.807) is 0 Å². The SMILES string of the molecule is CCCC(N)C(=O)NCC(C)COCc1ccccc1.Cl. The highest BCUT2D eigenvalue weighted by Gasteiger charge is 2.12. The highest BCUT2D eigenvalue weighted by Crippen LogP contribution is 2.03. The van der Waals surface area contributed by atoms with Gasteiger partial charge in [0.25, 0.3) is 0 Å². The zero-order valence-electron chi connectivity index (χ0n) is 12.9. The predicted octanol–water partition coefficient (Wildman–Crippen LogP) is 2.50. The standard InChI is InChI=1S/C16H26N2O2.ClH/c1-3-7-15(17)16(19)18-10-13(2)11-20-12-14-8-5-4-6-9-14;/h4-6,8-9,13,15H,3,7,10-12,17H2,1-2H3,(H,18,19);1H. The predicted molar refractivity (Wildman–Crippen MR) is 88.4 cm³/mol. The molecule has 2 atom stereocenters. The number of halogens is 1. The average Bonchev–Trinajstić information content (AvgIpc) is 2.46. The Morgan fingerprint density at radius 3 is 2.62 bits per heavy atom. The molecule has 0 aliphatic rings. The van der Waals surface area contributed by atoms with Crippen LogP contribution in [-0.4, -0.2) is 25.1 Å². The molecule has 0 heterocycles. The van der Waals surface area contributed by atoms with Gasteiger partial charge >= 0.3 is 0 Å². The van der Waals surface area contributed by atoms with Crippen LogP contribution in [0.4, 0.5) is 0 Å². The number of hydrogen-bond donors (Lipinski definition) is 2. The Hall–Kier alpha value is -1.10. The molecule has 21 heavy (non-hydrogen) atoms. The number of carbonyl (C=O) groups excluding carboxylic acids is 1. The number of ether oxygens (including phenoxy) is 1. The molecule has 1 aromatic rings. The molecule has 1 aromatic carbocycles. The minimum absolute atomic E-state index is 0. The van der Waals surface area contributed by atoms with Gasteiger partial charge in [0, 0.05) is 6.54 Å². The van der Waals surface area contributed by atoms with E-state index in [-0.39, 0.29) is 24.2 Å². The molecule has 0 aliphatic heterocycles. The molecule has 0 saturated heterocycles. The van der Waals surface area contributed by atoms with Gasteiger partial charge in [-0.1, -0.05) is 50.6 Å². The van der Waals surface area contributed by atoms with Gasteiger partial charge in [0.2, 0.25) is 5.91 Å². The van der Waals surface area contributed by atoms with E-state index >= 15 is 0 Å². The van der Waals surface area contributed by atoms with Gasteiger partial charge in [-0.15, -0.1) is 12.4 Å². The zero-order valence-corrected chi connectivity index (χ0v) is 13.7. The topological polar surface area (TPSA) is 64.4 Å². The van der Waals surface area contributed by atoms with Crippen molar-refractivity contribution in [1.29, 1.82) is 0 Å². The molecule has 0 saturated carbocycles. The summed E-state index contributed by atoms with van der Waals surface area (Å²) in [5.41, 5.74) is 6.91. The molecule has 1 amide bonds. The largest absolute Gasteiger partial charge is 0.376 e. The average molecular weight is 315 g/mol. The summed E-state index contributed by atoms with van der Waals surface area (Å²) in [5.74, 6) is 0.207. The number of hydrogen-bond acceptors (Lipinski definition) is 3. The molecule has 5 heteroatoms. The third-order valence-electron chi connectivity index (χ3n) is 3.08. The molecule has 0 spiro atoms. The van der Waals surface area contributed by atoms with E-state index in [1.807, 2.05) is 37.3 Å². The second kappa shape index (κ2) is 11.5. The summed E-state index contributed by atoms with van der Waals surface area (Å²) in [6.45, 7) is 5.90. The summed E-state index contributed by atoms with van der Waals surface area (Å²) in [6.07, 6.45) is 1.65. The van der Waals surface area contributed by atoms with Crippen molar-refractivity contribution < 1.29 is 9.53 Å². The third-order valence-corrected chi connectivity index (χ3v) is 3.08. The molecule has 4 nitrogen and oxygen atoms in total. The van der Waals surface area contributed by atoms with Crippen LogP contribution in [-0.2, 0) is 16.1 Å². The monoisotopic (exact) mass is 314 g/mol. The number of rotatable bonds is 9. The van der Waals surface area contributed by atoms with E-state index in [9.17, 15) is 4.79 Å². The minimum Gasteiger partial charge on any atom is -0.376 e. The van der Waals surface area contributed by atoms with Gasteiger partial charge in [0.15, 0.2) is 0 Å². The van der Waals surface area contributed by atoms with Crippen molar-refractivity contribution in [2.45, 2.75) is 39.3 Å². The summed E-state index contributed by atoms with van der Waals surface area (Å²) in [4.78, 5) is 11.7. The first-order valence-electron chi connectivity index (χ1n) is 7.28. The van der Waals surface area contributed by atoms with Crippen LogP contribution in [0.3, 0.4) is 0 Å². The Bertz CT molecular complexity index is 387. The van der Waals surface area contributed by atoms with Crippen LogP contribution < -0.4 is 11.1 Å². The summed E-state index contributed by atoms with van der Waals surface area (Å²) >= 11 is 0. The Morgan fingerprint density at radius 1 is 1.33 bits per heavy atom. The van der Waals surface area contributed by atoms with Crippen LogP contribution in [0, 0.1) is 5.92 Å². The Morgan fingerprint density at radius 2 is 2.00 bits per heavy atom. The van der Waals surface area contributed by atoms with Crippen LogP contribution >= 0.6 is 12.4 Å². The number of nitrogens with two attached hydrogens (primary N) is 1. The van der Waals surface area contributed by atoms with Crippen molar-refractivity contribution in [2.75, 3.05) is 13.2 Å². The van der Waals surface area contributed by atoms with E-state index in [0.29, 0.717) is 19.8 Å². The zero-order chi connectivity index (χ0) is 14.8. The van der Waals surface area contributed by atoms with Crippen molar-refractivity contribution >= 4 is 18.3 Å². The van der Waals surface area contributed by atoms with Crippen molar-refractivity contribution in [2.24, 2.45) is 11.7 Å². The lowest BCUT2D eigenvalue weighted by molar-refractivity contribution is -0.122. The van der Waals surface area contributed by atoms with Crippen molar-refractivity contribution in [3.63, 3.8) is 0 Å². The quantitative estimate of drug-likeness (QED) is 0.736. The smallest absolute Gasteiger partial charge is 0.236 e. The van der Waals surface area contributed by atoms with Crippen molar-refractivity contribution in [1.82, 2.24) is 5.32 Å². The van der Waals surface area contributed by atoms with E-state index < -0.39 is 6.04 Å². The van der Waals surface area contributed by atoms with Gasteiger partial charge in [-0.25, -0.2) is 0 Å². The lowest BCUT2D eigenvalue weighted by Gasteiger charge is -2.15.